The van der Waals surface area contributed by atoms with Crippen molar-refractivity contribution >= 4 is 0 Å². The average molecular weight is 209 g/mol. The molecular formula is C12H19NO2. The van der Waals surface area contributed by atoms with Gasteiger partial charge in [0.15, 0.2) is 11.5 Å². The molecule has 1 aromatic rings. The van der Waals surface area contributed by atoms with Gasteiger partial charge in [-0.15, -0.1) is 0 Å². The van der Waals surface area contributed by atoms with Crippen LogP contribution in [0.15, 0.2) is 18.2 Å². The first-order chi connectivity index (χ1) is 7.22. The first kappa shape index (κ1) is 11.9. The molecule has 2 N–H and O–H groups in total. The highest BCUT2D eigenvalue weighted by molar-refractivity contribution is 5.43. The van der Waals surface area contributed by atoms with Crippen molar-refractivity contribution in [1.82, 2.24) is 0 Å². The topological polar surface area (TPSA) is 44.5 Å². The molecule has 1 atom stereocenters. The van der Waals surface area contributed by atoms with Gasteiger partial charge in [0, 0.05) is 0 Å². The van der Waals surface area contributed by atoms with E-state index < -0.39 is 0 Å². The van der Waals surface area contributed by atoms with Crippen molar-refractivity contribution in [2.45, 2.75) is 19.3 Å². The number of nitrogens with two attached hydrogens (primary N) is 1. The number of methoxy groups -OCH3 is 2. The third-order valence-corrected chi connectivity index (χ3v) is 2.58. The number of hydrogen-bond donors (Lipinski definition) is 1. The molecule has 0 saturated carbocycles. The van der Waals surface area contributed by atoms with Crippen molar-refractivity contribution in [3.05, 3.63) is 23.8 Å². The molecule has 3 nitrogen and oxygen atoms in total. The Balaban J connectivity index is 2.92. The van der Waals surface area contributed by atoms with Crippen LogP contribution < -0.4 is 15.2 Å². The second-order valence-corrected chi connectivity index (χ2v) is 3.59. The van der Waals surface area contributed by atoms with Crippen molar-refractivity contribution in [3.63, 3.8) is 0 Å². The predicted molar refractivity (Wildman–Crippen MR) is 61.6 cm³/mol. The lowest BCUT2D eigenvalue weighted by atomic mass is 9.97. The Labute approximate surface area is 91.2 Å². The van der Waals surface area contributed by atoms with Crippen LogP contribution in [0.1, 0.15) is 24.8 Å². The van der Waals surface area contributed by atoms with Crippen LogP contribution in [0.25, 0.3) is 0 Å². The molecule has 0 bridgehead atoms. The molecule has 0 heterocycles. The maximum absolute atomic E-state index is 5.54. The van der Waals surface area contributed by atoms with Crippen LogP contribution in [0.2, 0.25) is 0 Å². The molecule has 84 valence electrons. The number of rotatable bonds is 5. The molecule has 0 aliphatic rings. The molecule has 0 aliphatic carbocycles. The van der Waals surface area contributed by atoms with Crippen LogP contribution >= 0.6 is 0 Å². The fourth-order valence-electron chi connectivity index (χ4n) is 1.58. The van der Waals surface area contributed by atoms with E-state index in [9.17, 15) is 0 Å². The molecule has 1 unspecified atom stereocenters. The average Bonchev–Trinajstić information content (AvgIpc) is 2.28. The van der Waals surface area contributed by atoms with Crippen LogP contribution in [-0.4, -0.2) is 20.8 Å². The first-order valence-corrected chi connectivity index (χ1v) is 5.15. The summed E-state index contributed by atoms with van der Waals surface area (Å²) in [5, 5.41) is 0. The lowest BCUT2D eigenvalue weighted by molar-refractivity contribution is 0.354. The first-order valence-electron chi connectivity index (χ1n) is 5.15. The second-order valence-electron chi connectivity index (χ2n) is 3.59. The molecule has 0 saturated heterocycles. The molecule has 0 fully saturated rings. The molecule has 15 heavy (non-hydrogen) atoms. The van der Waals surface area contributed by atoms with E-state index in [1.807, 2.05) is 12.1 Å². The van der Waals surface area contributed by atoms with Gasteiger partial charge in [0.1, 0.15) is 0 Å². The summed E-state index contributed by atoms with van der Waals surface area (Å²) >= 11 is 0. The molecule has 1 aromatic carbocycles. The lowest BCUT2D eigenvalue weighted by Crippen LogP contribution is -2.04. The predicted octanol–water partition coefficient (Wildman–Crippen LogP) is 2.16. The summed E-state index contributed by atoms with van der Waals surface area (Å²) in [6, 6.07) is 6.00. The van der Waals surface area contributed by atoms with Gasteiger partial charge < -0.3 is 15.2 Å². The summed E-state index contributed by atoms with van der Waals surface area (Å²) in [6.07, 6.45) is 0.982. The maximum Gasteiger partial charge on any atom is 0.160 e. The van der Waals surface area contributed by atoms with Crippen LogP contribution in [0.5, 0.6) is 11.5 Å². The summed E-state index contributed by atoms with van der Waals surface area (Å²) in [6.45, 7) is 2.86. The smallest absolute Gasteiger partial charge is 0.160 e. The summed E-state index contributed by atoms with van der Waals surface area (Å²) in [4.78, 5) is 0. The second kappa shape index (κ2) is 5.61. The molecule has 1 rings (SSSR count). The molecule has 0 radical (unpaired) electrons. The summed E-state index contributed by atoms with van der Waals surface area (Å²) in [5.74, 6) is 2.00. The van der Waals surface area contributed by atoms with Gasteiger partial charge in [0.05, 0.1) is 14.2 Å². The largest absolute Gasteiger partial charge is 0.493 e. The lowest BCUT2D eigenvalue weighted by Gasteiger charge is -2.13. The van der Waals surface area contributed by atoms with E-state index in [-0.39, 0.29) is 0 Å². The van der Waals surface area contributed by atoms with E-state index in [1.54, 1.807) is 14.2 Å². The highest BCUT2D eigenvalue weighted by Crippen LogP contribution is 2.31. The van der Waals surface area contributed by atoms with E-state index in [0.717, 1.165) is 17.9 Å². The Hall–Kier alpha value is -1.22. The number of ether oxygens (including phenoxy) is 2. The fraction of sp³-hybridized carbons (Fsp3) is 0.500. The van der Waals surface area contributed by atoms with Crippen LogP contribution in [0, 0.1) is 0 Å². The SMILES string of the molecule is COc1ccc(C(C)CCN)cc1OC. The molecular weight excluding hydrogens is 190 g/mol. The third kappa shape index (κ3) is 2.86. The zero-order chi connectivity index (χ0) is 11.3. The molecule has 0 aromatic heterocycles. The van der Waals surface area contributed by atoms with Gasteiger partial charge in [-0.1, -0.05) is 13.0 Å². The fourth-order valence-corrected chi connectivity index (χ4v) is 1.58. The van der Waals surface area contributed by atoms with Crippen molar-refractivity contribution < 1.29 is 9.47 Å². The molecule has 0 amide bonds. The van der Waals surface area contributed by atoms with E-state index in [1.165, 1.54) is 5.56 Å². The normalized spacial score (nSPS) is 12.3. The minimum atomic E-state index is 0.454. The van der Waals surface area contributed by atoms with Gasteiger partial charge in [-0.2, -0.15) is 0 Å². The van der Waals surface area contributed by atoms with Crippen LogP contribution in [0.3, 0.4) is 0 Å². The zero-order valence-electron chi connectivity index (χ0n) is 9.62. The van der Waals surface area contributed by atoms with Crippen molar-refractivity contribution in [2.75, 3.05) is 20.8 Å². The van der Waals surface area contributed by atoms with Crippen LogP contribution in [0.4, 0.5) is 0 Å². The Kier molecular flexibility index (Phi) is 4.43. The summed E-state index contributed by atoms with van der Waals surface area (Å²) < 4.78 is 10.4. The Morgan fingerprint density at radius 2 is 1.87 bits per heavy atom. The van der Waals surface area contributed by atoms with E-state index in [2.05, 4.69) is 13.0 Å². The zero-order valence-corrected chi connectivity index (χ0v) is 9.62. The highest BCUT2D eigenvalue weighted by atomic mass is 16.5. The van der Waals surface area contributed by atoms with Gasteiger partial charge in [-0.25, -0.2) is 0 Å². The maximum atomic E-state index is 5.54. The van der Waals surface area contributed by atoms with Crippen molar-refractivity contribution in [2.24, 2.45) is 5.73 Å². The molecule has 0 spiro atoms. The summed E-state index contributed by atoms with van der Waals surface area (Å²) in [7, 11) is 3.29. The van der Waals surface area contributed by atoms with Crippen molar-refractivity contribution in [1.29, 1.82) is 0 Å². The standard InChI is InChI=1S/C12H19NO2/c1-9(6-7-13)10-4-5-11(14-2)12(8-10)15-3/h4-5,8-9H,6-7,13H2,1-3H3. The monoisotopic (exact) mass is 209 g/mol. The Bertz CT molecular complexity index is 312. The van der Waals surface area contributed by atoms with Gasteiger partial charge >= 0.3 is 0 Å². The van der Waals surface area contributed by atoms with Gasteiger partial charge in [-0.05, 0) is 36.6 Å². The quantitative estimate of drug-likeness (QED) is 0.808. The minimum Gasteiger partial charge on any atom is -0.493 e. The minimum absolute atomic E-state index is 0.454. The number of hydrogen-bond acceptors (Lipinski definition) is 3. The summed E-state index contributed by atoms with van der Waals surface area (Å²) in [5.41, 5.74) is 6.77. The molecule has 3 heteroatoms. The van der Waals surface area contributed by atoms with E-state index in [0.29, 0.717) is 12.5 Å². The van der Waals surface area contributed by atoms with Gasteiger partial charge in [0.2, 0.25) is 0 Å². The van der Waals surface area contributed by atoms with Gasteiger partial charge in [-0.3, -0.25) is 0 Å². The van der Waals surface area contributed by atoms with Crippen LogP contribution in [-0.2, 0) is 0 Å². The number of benzene rings is 1. The van der Waals surface area contributed by atoms with E-state index >= 15 is 0 Å². The van der Waals surface area contributed by atoms with Gasteiger partial charge in [0.25, 0.3) is 0 Å². The Morgan fingerprint density at radius 1 is 1.20 bits per heavy atom. The third-order valence-electron chi connectivity index (χ3n) is 2.58. The molecule has 0 aliphatic heterocycles. The van der Waals surface area contributed by atoms with E-state index in [4.69, 9.17) is 15.2 Å². The Morgan fingerprint density at radius 3 is 2.40 bits per heavy atom. The highest BCUT2D eigenvalue weighted by Gasteiger charge is 2.09. The van der Waals surface area contributed by atoms with Crippen molar-refractivity contribution in [3.8, 4) is 11.5 Å².